The van der Waals surface area contributed by atoms with Gasteiger partial charge in [0, 0.05) is 140 Å². The molecule has 11 heteroatoms. The van der Waals surface area contributed by atoms with Gasteiger partial charge in [0.25, 0.3) is 0 Å². The van der Waals surface area contributed by atoms with Crippen molar-refractivity contribution >= 4 is 0 Å². The summed E-state index contributed by atoms with van der Waals surface area (Å²) in [5.74, 6) is 0. The van der Waals surface area contributed by atoms with Crippen LogP contribution in [-0.4, -0.2) is 34.9 Å². The summed E-state index contributed by atoms with van der Waals surface area (Å²) in [6, 6.07) is 144. The Morgan fingerprint density at radius 2 is 0.558 bits per heavy atom. The van der Waals surface area contributed by atoms with Gasteiger partial charge in [-0.1, -0.05) is 196 Å². The molecule has 18 rings (SSSR count). The summed E-state index contributed by atoms with van der Waals surface area (Å²) < 4.78 is 0. The average molecular weight is 2260 g/mol. The Labute approximate surface area is 763 Å². The molecule has 0 spiro atoms. The zero-order chi connectivity index (χ0) is 80.1. The van der Waals surface area contributed by atoms with Crippen molar-refractivity contribution in [2.75, 3.05) is 0 Å². The number of benzene rings is 11. The van der Waals surface area contributed by atoms with E-state index >= 15 is 0 Å². The van der Waals surface area contributed by atoms with Gasteiger partial charge in [-0.05, 0) is 148 Å². The van der Waals surface area contributed by atoms with Gasteiger partial charge in [0.1, 0.15) is 0 Å². The number of rotatable bonds is 13. The average Bonchev–Trinajstić information content (AvgIpc) is 0.819. The molecule has 0 unspecified atom stereocenters. The second-order valence-electron chi connectivity index (χ2n) is 26.9. The molecule has 602 valence electrons. The molecule has 4 radical (unpaired) electrons. The van der Waals surface area contributed by atoms with Crippen molar-refractivity contribution in [3.8, 4) is 123 Å². The number of hydrogen-bond acceptors (Lipinski definition) is 7. The van der Waals surface area contributed by atoms with Crippen molar-refractivity contribution in [1.29, 1.82) is 0 Å². The van der Waals surface area contributed by atoms with Crippen LogP contribution in [0.5, 0.6) is 0 Å². The van der Waals surface area contributed by atoms with E-state index in [0.29, 0.717) is 0 Å². The molecule has 0 aliphatic carbocycles. The Hall–Kier alpha value is -11.9. The van der Waals surface area contributed by atoms with Gasteiger partial charge < -0.3 is 34.9 Å². The van der Waals surface area contributed by atoms with E-state index in [1.165, 1.54) is 66.8 Å². The predicted molar refractivity (Wildman–Crippen MR) is 479 cm³/mol. The summed E-state index contributed by atoms with van der Waals surface area (Å²) in [6.45, 7) is 12.6. The molecule has 0 aliphatic rings. The first-order valence-corrected chi connectivity index (χ1v) is 38.8. The summed E-state index contributed by atoms with van der Waals surface area (Å²) in [5, 5.41) is 0. The van der Waals surface area contributed by atoms with Crippen LogP contribution in [-0.2, 0) is 93.3 Å². The van der Waals surface area contributed by atoms with E-state index in [1.807, 2.05) is 294 Å². The van der Waals surface area contributed by atoms with Gasteiger partial charge in [0.2, 0.25) is 0 Å². The maximum atomic E-state index is 4.60. The molecule has 11 aromatic carbocycles. The third kappa shape index (κ3) is 28.1. The van der Waals surface area contributed by atoms with Crippen LogP contribution in [0.4, 0.5) is 0 Å². The molecule has 0 bridgehead atoms. The molecule has 0 amide bonds. The van der Waals surface area contributed by atoms with E-state index in [1.54, 1.807) is 6.20 Å². The fraction of sp³-hybridized carbons (Fsp3) is 0.0734. The van der Waals surface area contributed by atoms with Crippen LogP contribution in [0.25, 0.3) is 123 Å². The zero-order valence-corrected chi connectivity index (χ0v) is 77.1. The molecule has 0 aliphatic heterocycles. The first-order valence-electron chi connectivity index (χ1n) is 38.8. The number of nitrogens with zero attached hydrogens (tertiary/aromatic N) is 7. The smallest absolute Gasteiger partial charge is 0.0266 e. The van der Waals surface area contributed by atoms with Crippen molar-refractivity contribution in [3.05, 3.63) is 477 Å². The monoisotopic (exact) mass is 2270 g/mol. The second-order valence-corrected chi connectivity index (χ2v) is 26.9. The quantitative estimate of drug-likeness (QED) is 0.106. The molecule has 7 nitrogen and oxygen atoms in total. The van der Waals surface area contributed by atoms with Crippen molar-refractivity contribution in [1.82, 2.24) is 34.9 Å². The molecule has 0 N–H and O–H groups in total. The number of aromatic nitrogens is 7. The Morgan fingerprint density at radius 3 is 0.908 bits per heavy atom. The Kier molecular flexibility index (Phi) is 39.6. The van der Waals surface area contributed by atoms with Crippen molar-refractivity contribution in [3.63, 3.8) is 0 Å². The van der Waals surface area contributed by atoms with E-state index in [2.05, 4.69) is 220 Å². The van der Waals surface area contributed by atoms with Crippen LogP contribution in [0.3, 0.4) is 0 Å². The molecule has 7 aromatic heterocycles. The third-order valence-corrected chi connectivity index (χ3v) is 18.7. The molecule has 0 saturated heterocycles. The normalized spacial score (nSPS) is 9.88. The zero-order valence-electron chi connectivity index (χ0n) is 67.5. The minimum Gasteiger partial charge on any atom is -0.305 e. The molecule has 0 saturated carbocycles. The van der Waals surface area contributed by atoms with Crippen LogP contribution >= 0.6 is 0 Å². The molecule has 7 heterocycles. The molecular weight excluding hydrogens is 2180 g/mol. The number of pyridine rings is 7. The summed E-state index contributed by atoms with van der Waals surface area (Å²) in [7, 11) is 0. The van der Waals surface area contributed by atoms with Gasteiger partial charge in [-0.3, -0.25) is 0 Å². The number of aryl methyl sites for hydroxylation is 6. The van der Waals surface area contributed by atoms with Gasteiger partial charge >= 0.3 is 0 Å². The first-order chi connectivity index (χ1) is 57.1. The minimum atomic E-state index is 0. The topological polar surface area (TPSA) is 90.2 Å². The number of hydrogen-bond donors (Lipinski definition) is 0. The summed E-state index contributed by atoms with van der Waals surface area (Å²) >= 11 is 0. The molecule has 120 heavy (non-hydrogen) atoms. The fourth-order valence-corrected chi connectivity index (χ4v) is 12.6. The van der Waals surface area contributed by atoms with Gasteiger partial charge in [0.05, 0.1) is 0 Å². The van der Waals surface area contributed by atoms with Crippen LogP contribution in [0.15, 0.2) is 401 Å². The van der Waals surface area contributed by atoms with Gasteiger partial charge in [-0.25, -0.2) is 0 Å². The van der Waals surface area contributed by atoms with E-state index in [-0.39, 0.29) is 80.4 Å². The van der Waals surface area contributed by atoms with Crippen molar-refractivity contribution < 1.29 is 80.4 Å². The Bertz CT molecular complexity index is 5740. The Balaban J connectivity index is 0.000000175. The first kappa shape index (κ1) is 93.6. The maximum Gasteiger partial charge on any atom is 0.0266 e. The van der Waals surface area contributed by atoms with Crippen LogP contribution in [0.1, 0.15) is 47.4 Å². The minimum absolute atomic E-state index is 0. The van der Waals surface area contributed by atoms with Crippen molar-refractivity contribution in [2.24, 2.45) is 0 Å². The summed E-state index contributed by atoms with van der Waals surface area (Å²) in [4.78, 5) is 31.2. The van der Waals surface area contributed by atoms with Crippen molar-refractivity contribution in [2.45, 2.75) is 54.4 Å². The van der Waals surface area contributed by atoms with Gasteiger partial charge in [-0.15, -0.1) is 251 Å². The van der Waals surface area contributed by atoms with Crippen LogP contribution in [0, 0.1) is 70.2 Å². The van der Waals surface area contributed by atoms with Gasteiger partial charge in [0.15, 0.2) is 0 Å². The van der Waals surface area contributed by atoms with Gasteiger partial charge in [-0.2, -0.15) is 0 Å². The molecular formula is C109H88Ir4N7-7. The SMILES string of the molecule is CCc1cc(-c2[c-]cccc2)ncc1-c1ccccc1.CCc1cc(-c2[c-]cccc2)ncc1-c1ccccc1.Cc1cc(-c2[c-]cccc2)ncc1-c1ccccc1.Cc1ccc(-c2[c-]cccc2)nc1.Cc1cccc(-c2[c-]cccc2)n1.Cc1ccccc1-c1ccc(-c2[c-]cccc2)nc1.[Ir].[Ir].[Ir].[Ir].[c-]1ccccc1-c1ccccn1. The summed E-state index contributed by atoms with van der Waals surface area (Å²) in [5.41, 5.74) is 31.1. The van der Waals surface area contributed by atoms with Crippen LogP contribution < -0.4 is 0 Å². The predicted octanol–water partition coefficient (Wildman–Crippen LogP) is 26.9. The molecule has 18 aromatic rings. The van der Waals surface area contributed by atoms with E-state index in [9.17, 15) is 0 Å². The molecule has 0 atom stereocenters. The second kappa shape index (κ2) is 50.7. The Morgan fingerprint density at radius 1 is 0.225 bits per heavy atom. The van der Waals surface area contributed by atoms with Crippen LogP contribution in [0.2, 0.25) is 0 Å². The standard InChI is InChI=1S/2C19H16N.2C18H14N.2C12H10N.C11H8N.4Ir/c2*1-2-15-13-19(17-11-7-4-8-12-17)20-14-18(15)16-9-5-3-6-10-16;1-14-12-18(16-10-6-3-7-11-16)19-13-17(14)15-8-4-2-5-9-15;1-14-7-5-6-10-17(14)16-11-12-18(19-13-16)15-8-3-2-4-9-15;1-10-6-5-9-12(13-10)11-7-3-2-4-8-11;1-10-7-8-12(13-9-10)11-5-3-2-4-6-11;1-2-6-10(7-3-1)11-8-4-5-9-12-11;;;;/h2*3-11,13-14H,2H2,1H3;2-10,12-13H,1H3;2-8,10-13H,1H3;2-7,9H,1H3;2-5,7-9H,1H3;1-6,8-9H;;;;/q7*-1;;;;. The van der Waals surface area contributed by atoms with E-state index in [0.717, 1.165) is 103 Å². The summed E-state index contributed by atoms with van der Waals surface area (Å²) in [6.07, 6.45) is 13.5. The fourth-order valence-electron chi connectivity index (χ4n) is 12.6. The maximum absolute atomic E-state index is 4.60. The van der Waals surface area contributed by atoms with E-state index in [4.69, 9.17) is 0 Å². The van der Waals surface area contributed by atoms with E-state index < -0.39 is 0 Å². The third-order valence-electron chi connectivity index (χ3n) is 18.7. The molecule has 0 fully saturated rings. The largest absolute Gasteiger partial charge is 0.305 e.